The Balaban J connectivity index is 2.05. The van der Waals surface area contributed by atoms with Crippen molar-refractivity contribution in [2.75, 3.05) is 18.0 Å². The first-order chi connectivity index (χ1) is 8.74. The maximum absolute atomic E-state index is 11.5. The topological polar surface area (TPSA) is 46.1 Å². The quantitative estimate of drug-likeness (QED) is 0.767. The van der Waals surface area contributed by atoms with E-state index in [1.165, 1.54) is 0 Å². The maximum Gasteiger partial charge on any atom is 0.152 e. The standard InChI is InChI=1S/C14H15N3O/c1-10-14(17-8-4-5-11(18)9-17)16-13-7-3-2-6-12(13)15-10/h2-3,6-7H,4-5,8-9H2,1H3. The van der Waals surface area contributed by atoms with Gasteiger partial charge in [0, 0.05) is 13.0 Å². The van der Waals surface area contributed by atoms with Crippen LogP contribution in [0.3, 0.4) is 0 Å². The normalized spacial score (nSPS) is 16.3. The number of aryl methyl sites for hydroxylation is 1. The van der Waals surface area contributed by atoms with E-state index in [2.05, 4.69) is 9.97 Å². The summed E-state index contributed by atoms with van der Waals surface area (Å²) in [4.78, 5) is 22.8. The van der Waals surface area contributed by atoms with Crippen LogP contribution in [0.2, 0.25) is 0 Å². The molecule has 2 aromatic rings. The van der Waals surface area contributed by atoms with Crippen molar-refractivity contribution in [3.8, 4) is 0 Å². The number of para-hydroxylation sites is 2. The summed E-state index contributed by atoms with van der Waals surface area (Å²) in [7, 11) is 0. The van der Waals surface area contributed by atoms with E-state index in [0.717, 1.165) is 35.5 Å². The van der Waals surface area contributed by atoms with Gasteiger partial charge in [-0.1, -0.05) is 12.1 Å². The van der Waals surface area contributed by atoms with Crippen LogP contribution in [0.1, 0.15) is 18.5 Å². The summed E-state index contributed by atoms with van der Waals surface area (Å²) in [5.41, 5.74) is 2.68. The lowest BCUT2D eigenvalue weighted by Gasteiger charge is -2.27. The zero-order chi connectivity index (χ0) is 12.5. The van der Waals surface area contributed by atoms with Crippen LogP contribution >= 0.6 is 0 Å². The number of fused-ring (bicyclic) bond motifs is 1. The van der Waals surface area contributed by atoms with E-state index in [0.29, 0.717) is 13.0 Å². The highest BCUT2D eigenvalue weighted by atomic mass is 16.1. The van der Waals surface area contributed by atoms with E-state index < -0.39 is 0 Å². The molecule has 1 aromatic carbocycles. The number of benzene rings is 1. The van der Waals surface area contributed by atoms with Crippen molar-refractivity contribution in [2.45, 2.75) is 19.8 Å². The predicted octanol–water partition coefficient (Wildman–Crippen LogP) is 2.11. The van der Waals surface area contributed by atoms with Crippen molar-refractivity contribution >= 4 is 22.6 Å². The largest absolute Gasteiger partial charge is 0.348 e. The first-order valence-corrected chi connectivity index (χ1v) is 6.24. The summed E-state index contributed by atoms with van der Waals surface area (Å²) in [6.45, 7) is 3.31. The second-order valence-corrected chi connectivity index (χ2v) is 4.69. The Morgan fingerprint density at radius 3 is 2.61 bits per heavy atom. The Kier molecular flexibility index (Phi) is 2.70. The zero-order valence-corrected chi connectivity index (χ0v) is 10.4. The van der Waals surface area contributed by atoms with Gasteiger partial charge < -0.3 is 4.90 Å². The van der Waals surface area contributed by atoms with Crippen LogP contribution in [0.4, 0.5) is 5.82 Å². The SMILES string of the molecule is Cc1nc2ccccc2nc1N1CCCC(=O)C1. The van der Waals surface area contributed by atoms with Crippen molar-refractivity contribution in [3.05, 3.63) is 30.0 Å². The number of nitrogens with zero attached hydrogens (tertiary/aromatic N) is 3. The lowest BCUT2D eigenvalue weighted by Crippen LogP contribution is -2.36. The smallest absolute Gasteiger partial charge is 0.152 e. The van der Waals surface area contributed by atoms with Gasteiger partial charge in [-0.2, -0.15) is 0 Å². The maximum atomic E-state index is 11.5. The molecule has 3 rings (SSSR count). The molecule has 0 atom stereocenters. The van der Waals surface area contributed by atoms with Gasteiger partial charge >= 0.3 is 0 Å². The summed E-state index contributed by atoms with van der Waals surface area (Å²) in [6.07, 6.45) is 1.60. The van der Waals surface area contributed by atoms with Gasteiger partial charge in [0.1, 0.15) is 0 Å². The summed E-state index contributed by atoms with van der Waals surface area (Å²) >= 11 is 0. The molecule has 0 saturated carbocycles. The van der Waals surface area contributed by atoms with Crippen LogP contribution in [0.15, 0.2) is 24.3 Å². The molecule has 0 bridgehead atoms. The lowest BCUT2D eigenvalue weighted by molar-refractivity contribution is -0.118. The van der Waals surface area contributed by atoms with Crippen LogP contribution in [0, 0.1) is 6.92 Å². The highest BCUT2D eigenvalue weighted by molar-refractivity contribution is 5.85. The molecule has 1 saturated heterocycles. The van der Waals surface area contributed by atoms with E-state index in [1.807, 2.05) is 36.1 Å². The van der Waals surface area contributed by atoms with E-state index in [9.17, 15) is 4.79 Å². The fourth-order valence-corrected chi connectivity index (χ4v) is 2.40. The number of Topliss-reactive ketones (excluding diaryl/α,β-unsaturated/α-hetero) is 1. The van der Waals surface area contributed by atoms with E-state index in [1.54, 1.807) is 0 Å². The molecule has 1 aromatic heterocycles. The number of ketones is 1. The molecule has 4 heteroatoms. The monoisotopic (exact) mass is 241 g/mol. The van der Waals surface area contributed by atoms with Crippen molar-refractivity contribution in [2.24, 2.45) is 0 Å². The van der Waals surface area contributed by atoms with Crippen molar-refractivity contribution in [3.63, 3.8) is 0 Å². The third-order valence-corrected chi connectivity index (χ3v) is 3.27. The number of piperidine rings is 1. The van der Waals surface area contributed by atoms with Gasteiger partial charge in [-0.05, 0) is 25.5 Å². The molecule has 0 N–H and O–H groups in total. The predicted molar refractivity (Wildman–Crippen MR) is 70.7 cm³/mol. The third-order valence-electron chi connectivity index (χ3n) is 3.27. The Morgan fingerprint density at radius 1 is 1.17 bits per heavy atom. The second kappa shape index (κ2) is 4.37. The van der Waals surface area contributed by atoms with E-state index in [4.69, 9.17) is 0 Å². The number of hydrogen-bond donors (Lipinski definition) is 0. The minimum Gasteiger partial charge on any atom is -0.348 e. The number of aromatic nitrogens is 2. The van der Waals surface area contributed by atoms with Gasteiger partial charge in [-0.25, -0.2) is 9.97 Å². The number of carbonyl (C=O) groups excluding carboxylic acids is 1. The van der Waals surface area contributed by atoms with Gasteiger partial charge in [-0.3, -0.25) is 4.79 Å². The highest BCUT2D eigenvalue weighted by Crippen LogP contribution is 2.22. The van der Waals surface area contributed by atoms with Gasteiger partial charge in [0.15, 0.2) is 11.6 Å². The fraction of sp³-hybridized carbons (Fsp3) is 0.357. The van der Waals surface area contributed by atoms with Gasteiger partial charge in [-0.15, -0.1) is 0 Å². The number of carbonyl (C=O) groups is 1. The molecule has 0 amide bonds. The molecule has 4 nitrogen and oxygen atoms in total. The molecule has 92 valence electrons. The van der Waals surface area contributed by atoms with E-state index in [-0.39, 0.29) is 5.78 Å². The summed E-state index contributed by atoms with van der Waals surface area (Å²) in [6, 6.07) is 7.83. The Hall–Kier alpha value is -1.97. The Labute approximate surface area is 106 Å². The van der Waals surface area contributed by atoms with Gasteiger partial charge in [0.05, 0.1) is 23.3 Å². The van der Waals surface area contributed by atoms with Crippen LogP contribution in [-0.2, 0) is 4.79 Å². The molecular formula is C14H15N3O. The average Bonchev–Trinajstić information content (AvgIpc) is 2.38. The molecule has 0 aliphatic carbocycles. The summed E-state index contributed by atoms with van der Waals surface area (Å²) in [5.74, 6) is 1.14. The van der Waals surface area contributed by atoms with Crippen molar-refractivity contribution in [1.82, 2.24) is 9.97 Å². The molecular weight excluding hydrogens is 226 g/mol. The van der Waals surface area contributed by atoms with Crippen LogP contribution in [0.5, 0.6) is 0 Å². The lowest BCUT2D eigenvalue weighted by atomic mass is 10.1. The number of hydrogen-bond acceptors (Lipinski definition) is 4. The summed E-state index contributed by atoms with van der Waals surface area (Å²) in [5, 5.41) is 0. The molecule has 1 aliphatic heterocycles. The van der Waals surface area contributed by atoms with Gasteiger partial charge in [0.2, 0.25) is 0 Å². The van der Waals surface area contributed by atoms with Crippen molar-refractivity contribution in [1.29, 1.82) is 0 Å². The average molecular weight is 241 g/mol. The number of rotatable bonds is 1. The minimum atomic E-state index is 0.288. The van der Waals surface area contributed by atoms with Crippen LogP contribution in [0.25, 0.3) is 11.0 Å². The molecule has 2 heterocycles. The van der Waals surface area contributed by atoms with Gasteiger partial charge in [0.25, 0.3) is 0 Å². The zero-order valence-electron chi connectivity index (χ0n) is 10.4. The summed E-state index contributed by atoms with van der Waals surface area (Å²) < 4.78 is 0. The number of anilines is 1. The molecule has 1 aliphatic rings. The first kappa shape index (κ1) is 11.1. The third kappa shape index (κ3) is 1.94. The molecule has 0 unspecified atom stereocenters. The molecule has 0 spiro atoms. The Bertz CT molecular complexity index is 609. The van der Waals surface area contributed by atoms with E-state index >= 15 is 0 Å². The van der Waals surface area contributed by atoms with Crippen LogP contribution in [-0.4, -0.2) is 28.8 Å². The molecule has 0 radical (unpaired) electrons. The minimum absolute atomic E-state index is 0.288. The Morgan fingerprint density at radius 2 is 1.89 bits per heavy atom. The highest BCUT2D eigenvalue weighted by Gasteiger charge is 2.20. The van der Waals surface area contributed by atoms with Crippen molar-refractivity contribution < 1.29 is 4.79 Å². The second-order valence-electron chi connectivity index (χ2n) is 4.69. The molecule has 18 heavy (non-hydrogen) atoms. The van der Waals surface area contributed by atoms with Crippen LogP contribution < -0.4 is 4.90 Å². The molecule has 1 fully saturated rings. The first-order valence-electron chi connectivity index (χ1n) is 6.24. The fourth-order valence-electron chi connectivity index (χ4n) is 2.40.